The van der Waals surface area contributed by atoms with Crippen LogP contribution < -0.4 is 15.4 Å². The van der Waals surface area contributed by atoms with E-state index in [-0.39, 0.29) is 6.03 Å². The summed E-state index contributed by atoms with van der Waals surface area (Å²) in [5.41, 5.74) is 5.58. The van der Waals surface area contributed by atoms with E-state index < -0.39 is 0 Å². The summed E-state index contributed by atoms with van der Waals surface area (Å²) in [6, 6.07) is 16.3. The summed E-state index contributed by atoms with van der Waals surface area (Å²) < 4.78 is 7.69. The molecule has 8 nitrogen and oxygen atoms in total. The van der Waals surface area contributed by atoms with E-state index >= 15 is 0 Å². The Bertz CT molecular complexity index is 1310. The first-order valence-corrected chi connectivity index (χ1v) is 10.6. The third-order valence-electron chi connectivity index (χ3n) is 5.13. The molecule has 8 heteroatoms. The van der Waals surface area contributed by atoms with Crippen molar-refractivity contribution in [2.45, 2.75) is 34.6 Å². The minimum atomic E-state index is -0.312. The van der Waals surface area contributed by atoms with Gasteiger partial charge in [-0.15, -0.1) is 0 Å². The molecule has 2 amide bonds. The smallest absolute Gasteiger partial charge is 0.323 e. The molecular weight excluding hydrogens is 416 g/mol. The zero-order valence-electron chi connectivity index (χ0n) is 19.3. The molecule has 0 saturated heterocycles. The number of hydrogen-bond donors (Lipinski definition) is 2. The Morgan fingerprint density at radius 2 is 1.52 bits per heavy atom. The van der Waals surface area contributed by atoms with E-state index in [4.69, 9.17) is 4.74 Å². The van der Waals surface area contributed by atoms with Gasteiger partial charge in [-0.25, -0.2) is 14.5 Å². The summed E-state index contributed by atoms with van der Waals surface area (Å²) >= 11 is 0. The number of nitrogens with zero attached hydrogens (tertiary/aromatic N) is 4. The average molecular weight is 443 g/mol. The lowest BCUT2D eigenvalue weighted by atomic mass is 10.1. The molecule has 0 spiro atoms. The van der Waals surface area contributed by atoms with Crippen LogP contribution in [0.4, 0.5) is 16.2 Å². The summed E-state index contributed by atoms with van der Waals surface area (Å²) in [4.78, 5) is 21.1. The van der Waals surface area contributed by atoms with Crippen LogP contribution in [0.15, 0.2) is 54.6 Å². The van der Waals surface area contributed by atoms with Crippen molar-refractivity contribution in [1.29, 1.82) is 0 Å². The van der Waals surface area contributed by atoms with Gasteiger partial charge in [-0.3, -0.25) is 0 Å². The molecule has 0 radical (unpaired) electrons. The van der Waals surface area contributed by atoms with Gasteiger partial charge < -0.3 is 15.4 Å². The van der Waals surface area contributed by atoms with Crippen LogP contribution in [0.25, 0.3) is 5.82 Å². The van der Waals surface area contributed by atoms with Crippen molar-refractivity contribution in [3.63, 3.8) is 0 Å². The lowest BCUT2D eigenvalue weighted by molar-refractivity contribution is 0.262. The maximum atomic E-state index is 12.3. The van der Waals surface area contributed by atoms with Crippen LogP contribution in [0.3, 0.4) is 0 Å². The highest BCUT2D eigenvalue weighted by Gasteiger charge is 2.10. The number of amides is 2. The van der Waals surface area contributed by atoms with Gasteiger partial charge in [0.2, 0.25) is 5.88 Å². The maximum Gasteiger partial charge on any atom is 0.323 e. The number of aromatic nitrogens is 4. The Morgan fingerprint density at radius 3 is 2.18 bits per heavy atom. The summed E-state index contributed by atoms with van der Waals surface area (Å²) in [6.45, 7) is 9.76. The van der Waals surface area contributed by atoms with E-state index in [9.17, 15) is 4.79 Å². The predicted molar refractivity (Wildman–Crippen MR) is 128 cm³/mol. The fourth-order valence-electron chi connectivity index (χ4n) is 3.39. The molecule has 168 valence electrons. The normalized spacial score (nSPS) is 10.7. The number of ether oxygens (including phenoxy) is 1. The summed E-state index contributed by atoms with van der Waals surface area (Å²) in [5.74, 6) is 2.23. The highest BCUT2D eigenvalue weighted by molar-refractivity contribution is 5.99. The first kappa shape index (κ1) is 22.0. The van der Waals surface area contributed by atoms with Crippen LogP contribution in [0, 0.1) is 34.6 Å². The third kappa shape index (κ3) is 5.35. The molecule has 0 aliphatic heterocycles. The first-order valence-electron chi connectivity index (χ1n) is 10.6. The minimum Gasteiger partial charge on any atom is -0.439 e. The van der Waals surface area contributed by atoms with Crippen molar-refractivity contribution in [2.24, 2.45) is 0 Å². The first-order chi connectivity index (χ1) is 15.8. The Kier molecular flexibility index (Phi) is 6.08. The molecule has 2 N–H and O–H groups in total. The van der Waals surface area contributed by atoms with Crippen LogP contribution in [0.2, 0.25) is 0 Å². The quantitative estimate of drug-likeness (QED) is 0.417. The summed E-state index contributed by atoms with van der Waals surface area (Å²) in [6.07, 6.45) is 0. The number of urea groups is 1. The molecule has 4 rings (SSSR count). The molecule has 0 atom stereocenters. The fraction of sp³-hybridized carbons (Fsp3) is 0.200. The number of carbonyl (C=O) groups is 1. The molecule has 0 aliphatic carbocycles. The Balaban J connectivity index is 1.43. The van der Waals surface area contributed by atoms with Gasteiger partial charge in [0.15, 0.2) is 5.82 Å². The Labute approximate surface area is 192 Å². The molecule has 33 heavy (non-hydrogen) atoms. The van der Waals surface area contributed by atoms with Crippen molar-refractivity contribution in [2.75, 3.05) is 10.6 Å². The van der Waals surface area contributed by atoms with Crippen LogP contribution in [-0.4, -0.2) is 25.8 Å². The zero-order valence-corrected chi connectivity index (χ0v) is 19.3. The largest absolute Gasteiger partial charge is 0.439 e. The zero-order chi connectivity index (χ0) is 23.5. The Morgan fingerprint density at radius 1 is 0.818 bits per heavy atom. The van der Waals surface area contributed by atoms with Gasteiger partial charge in [-0.1, -0.05) is 6.07 Å². The van der Waals surface area contributed by atoms with Crippen molar-refractivity contribution < 1.29 is 9.53 Å². The highest BCUT2D eigenvalue weighted by Crippen LogP contribution is 2.24. The summed E-state index contributed by atoms with van der Waals surface area (Å²) in [5, 5.41) is 10.1. The Hall–Kier alpha value is -4.20. The van der Waals surface area contributed by atoms with Gasteiger partial charge in [0.25, 0.3) is 0 Å². The van der Waals surface area contributed by atoms with Gasteiger partial charge in [-0.2, -0.15) is 10.1 Å². The third-order valence-corrected chi connectivity index (χ3v) is 5.13. The predicted octanol–water partition coefficient (Wildman–Crippen LogP) is 5.64. The van der Waals surface area contributed by atoms with E-state index in [0.717, 1.165) is 22.6 Å². The van der Waals surface area contributed by atoms with Gasteiger partial charge in [-0.05, 0) is 88.2 Å². The maximum absolute atomic E-state index is 12.3. The minimum absolute atomic E-state index is 0.312. The lowest BCUT2D eigenvalue weighted by Gasteiger charge is -2.11. The molecule has 2 aromatic heterocycles. The SMILES string of the molecule is Cc1cc(C)n(-c2cc(Oc3ccc(NC(=O)Nc4ccc(C)c(C)c4)cc3)nc(C)n2)n1. The molecule has 0 bridgehead atoms. The van der Waals surface area contributed by atoms with Crippen molar-refractivity contribution in [1.82, 2.24) is 19.7 Å². The number of carbonyl (C=O) groups excluding carboxylic acids is 1. The molecule has 0 unspecified atom stereocenters. The molecule has 0 fully saturated rings. The molecular formula is C25H26N6O2. The molecule has 2 heterocycles. The lowest BCUT2D eigenvalue weighted by Crippen LogP contribution is -2.19. The standard InChI is InChI=1S/C25H26N6O2/c1-15-6-7-21(12-16(15)2)29-25(32)28-20-8-10-22(11-9-20)33-24-14-23(26-19(5)27-24)31-18(4)13-17(3)30-31/h6-14H,1-5H3,(H2,28,29,32). The van der Waals surface area contributed by atoms with Crippen molar-refractivity contribution in [3.05, 3.63) is 82.9 Å². The van der Waals surface area contributed by atoms with Gasteiger partial charge in [0, 0.05) is 23.1 Å². The number of rotatable bonds is 5. The number of hydrogen-bond acceptors (Lipinski definition) is 5. The van der Waals surface area contributed by atoms with Crippen molar-refractivity contribution >= 4 is 17.4 Å². The van der Waals surface area contributed by atoms with Crippen LogP contribution in [-0.2, 0) is 0 Å². The van der Waals surface area contributed by atoms with Crippen LogP contribution in [0.5, 0.6) is 11.6 Å². The highest BCUT2D eigenvalue weighted by atomic mass is 16.5. The van der Waals surface area contributed by atoms with E-state index in [1.54, 1.807) is 35.0 Å². The second-order valence-corrected chi connectivity index (χ2v) is 7.96. The van der Waals surface area contributed by atoms with E-state index in [1.165, 1.54) is 5.56 Å². The number of nitrogens with one attached hydrogen (secondary N) is 2. The van der Waals surface area contributed by atoms with Crippen LogP contribution >= 0.6 is 0 Å². The van der Waals surface area contributed by atoms with E-state index in [2.05, 4.69) is 25.7 Å². The monoisotopic (exact) mass is 442 g/mol. The number of aryl methyl sites for hydroxylation is 5. The van der Waals surface area contributed by atoms with E-state index in [1.807, 2.05) is 58.9 Å². The van der Waals surface area contributed by atoms with Gasteiger partial charge >= 0.3 is 6.03 Å². The summed E-state index contributed by atoms with van der Waals surface area (Å²) in [7, 11) is 0. The fourth-order valence-corrected chi connectivity index (χ4v) is 3.39. The van der Waals surface area contributed by atoms with Crippen LogP contribution in [0.1, 0.15) is 28.3 Å². The molecule has 4 aromatic rings. The molecule has 0 saturated carbocycles. The second-order valence-electron chi connectivity index (χ2n) is 7.96. The number of anilines is 2. The average Bonchev–Trinajstić information content (AvgIpc) is 3.10. The molecule has 2 aromatic carbocycles. The van der Waals surface area contributed by atoms with Gasteiger partial charge in [0.05, 0.1) is 5.69 Å². The van der Waals surface area contributed by atoms with Crippen molar-refractivity contribution in [3.8, 4) is 17.4 Å². The molecule has 0 aliphatic rings. The van der Waals surface area contributed by atoms with E-state index in [0.29, 0.717) is 29.0 Å². The van der Waals surface area contributed by atoms with Gasteiger partial charge in [0.1, 0.15) is 11.6 Å². The second kappa shape index (κ2) is 9.12. The topological polar surface area (TPSA) is 94.0 Å². The number of benzene rings is 2.